The predicted octanol–water partition coefficient (Wildman–Crippen LogP) is 1.26. The molecule has 1 saturated heterocycles. The Morgan fingerprint density at radius 2 is 2.12 bits per heavy atom. The molecule has 2 rings (SSSR count). The highest BCUT2D eigenvalue weighted by Gasteiger charge is 2.26. The van der Waals surface area contributed by atoms with E-state index in [-0.39, 0.29) is 6.10 Å². The number of halogens is 1. The molecular weight excluding hydrogens is 294 g/mol. The number of hydrogen-bond acceptors (Lipinski definition) is 3. The van der Waals surface area contributed by atoms with Crippen molar-refractivity contribution in [3.8, 4) is 0 Å². The van der Waals surface area contributed by atoms with Crippen LogP contribution in [0.25, 0.3) is 0 Å². The van der Waals surface area contributed by atoms with Crippen LogP contribution in [-0.4, -0.2) is 27.7 Å². The Balaban J connectivity index is 2.19. The third-order valence-corrected chi connectivity index (χ3v) is 4.44. The lowest BCUT2D eigenvalue weighted by Crippen LogP contribution is -2.28. The topological polar surface area (TPSA) is 58.7 Å². The lowest BCUT2D eigenvalue weighted by Gasteiger charge is -2.08. The van der Waals surface area contributed by atoms with Gasteiger partial charge in [0, 0.05) is 11.9 Å². The second kappa shape index (κ2) is 4.83. The molecule has 1 aromatic carbocycles. The number of nitrogens with one attached hydrogen (secondary N) is 1. The Morgan fingerprint density at radius 1 is 1.44 bits per heavy atom. The van der Waals surface area contributed by atoms with Crippen LogP contribution in [0.1, 0.15) is 5.56 Å². The van der Waals surface area contributed by atoms with Crippen LogP contribution in [-0.2, 0) is 20.1 Å². The number of benzene rings is 1. The van der Waals surface area contributed by atoms with Crippen molar-refractivity contribution in [2.75, 3.05) is 13.2 Å². The molecular formula is C10H12BrNO3S. The van der Waals surface area contributed by atoms with E-state index in [0.29, 0.717) is 23.4 Å². The SMILES string of the molecule is O=S(=O)(NCC1CO1)c1ccccc1CBr. The molecule has 0 saturated carbocycles. The van der Waals surface area contributed by atoms with Crippen molar-refractivity contribution >= 4 is 26.0 Å². The molecule has 88 valence electrons. The van der Waals surface area contributed by atoms with Crippen molar-refractivity contribution in [2.45, 2.75) is 16.3 Å². The maximum atomic E-state index is 12.0. The lowest BCUT2D eigenvalue weighted by molar-refractivity contribution is 0.406. The van der Waals surface area contributed by atoms with E-state index in [2.05, 4.69) is 20.7 Å². The van der Waals surface area contributed by atoms with E-state index >= 15 is 0 Å². The Bertz CT molecular complexity index is 471. The zero-order valence-corrected chi connectivity index (χ0v) is 10.9. The summed E-state index contributed by atoms with van der Waals surface area (Å²) in [5.74, 6) is 0. The molecule has 6 heteroatoms. The third kappa shape index (κ3) is 2.82. The molecule has 0 aromatic heterocycles. The molecule has 0 aliphatic carbocycles. The fraction of sp³-hybridized carbons (Fsp3) is 0.400. The molecule has 16 heavy (non-hydrogen) atoms. The number of hydrogen-bond donors (Lipinski definition) is 1. The van der Waals surface area contributed by atoms with Gasteiger partial charge < -0.3 is 4.74 Å². The maximum Gasteiger partial charge on any atom is 0.240 e. The standard InChI is InChI=1S/C10H12BrNO3S/c11-5-8-3-1-2-4-10(8)16(13,14)12-6-9-7-15-9/h1-4,9,12H,5-7H2. The van der Waals surface area contributed by atoms with Gasteiger partial charge in [0.1, 0.15) is 0 Å². The number of epoxide rings is 1. The van der Waals surface area contributed by atoms with Gasteiger partial charge in [-0.1, -0.05) is 34.1 Å². The second-order valence-corrected chi connectivity index (χ2v) is 5.84. The van der Waals surface area contributed by atoms with E-state index in [9.17, 15) is 8.42 Å². The number of rotatable bonds is 5. The normalized spacial score (nSPS) is 19.7. The summed E-state index contributed by atoms with van der Waals surface area (Å²) in [6.45, 7) is 0.988. The van der Waals surface area contributed by atoms with E-state index < -0.39 is 10.0 Å². The van der Waals surface area contributed by atoms with E-state index in [1.54, 1.807) is 18.2 Å². The third-order valence-electron chi connectivity index (χ3n) is 2.31. The van der Waals surface area contributed by atoms with Gasteiger partial charge in [0.25, 0.3) is 0 Å². The van der Waals surface area contributed by atoms with Gasteiger partial charge in [-0.15, -0.1) is 0 Å². The Kier molecular flexibility index (Phi) is 3.63. The quantitative estimate of drug-likeness (QED) is 0.658. The van der Waals surface area contributed by atoms with Crippen molar-refractivity contribution in [3.63, 3.8) is 0 Å². The molecule has 0 radical (unpaired) electrons. The number of ether oxygens (including phenoxy) is 1. The Morgan fingerprint density at radius 3 is 2.75 bits per heavy atom. The zero-order valence-electron chi connectivity index (χ0n) is 8.52. The van der Waals surface area contributed by atoms with Crippen LogP contribution >= 0.6 is 15.9 Å². The van der Waals surface area contributed by atoms with Gasteiger partial charge in [0.2, 0.25) is 10.0 Å². The van der Waals surface area contributed by atoms with Crippen LogP contribution in [0.4, 0.5) is 0 Å². The van der Waals surface area contributed by atoms with Crippen LogP contribution in [0.3, 0.4) is 0 Å². The highest BCUT2D eigenvalue weighted by Crippen LogP contribution is 2.18. The van der Waals surface area contributed by atoms with Crippen molar-refractivity contribution in [1.82, 2.24) is 4.72 Å². The fourth-order valence-electron chi connectivity index (χ4n) is 1.34. The van der Waals surface area contributed by atoms with Crippen LogP contribution in [0, 0.1) is 0 Å². The minimum Gasteiger partial charge on any atom is -0.372 e. The smallest absolute Gasteiger partial charge is 0.240 e. The molecule has 1 aliphatic rings. The van der Waals surface area contributed by atoms with Gasteiger partial charge in [-0.3, -0.25) is 0 Å². The lowest BCUT2D eigenvalue weighted by atomic mass is 10.2. The average molecular weight is 306 g/mol. The zero-order chi connectivity index (χ0) is 11.6. The summed E-state index contributed by atoms with van der Waals surface area (Å²) in [5, 5.41) is 0.518. The second-order valence-electron chi connectivity index (χ2n) is 3.55. The molecule has 1 N–H and O–H groups in total. The summed E-state index contributed by atoms with van der Waals surface area (Å²) >= 11 is 3.28. The Labute approximate surface area is 103 Å². The van der Waals surface area contributed by atoms with Crippen LogP contribution in [0.15, 0.2) is 29.2 Å². The van der Waals surface area contributed by atoms with E-state index in [4.69, 9.17) is 4.74 Å². The van der Waals surface area contributed by atoms with Gasteiger partial charge in [-0.05, 0) is 11.6 Å². The molecule has 0 amide bonds. The summed E-state index contributed by atoms with van der Waals surface area (Å²) in [6.07, 6.45) is 0.0471. The van der Waals surface area contributed by atoms with Crippen molar-refractivity contribution in [2.24, 2.45) is 0 Å². The molecule has 1 unspecified atom stereocenters. The summed E-state index contributed by atoms with van der Waals surface area (Å²) in [5.41, 5.74) is 0.756. The highest BCUT2D eigenvalue weighted by molar-refractivity contribution is 9.08. The first-order chi connectivity index (χ1) is 7.63. The van der Waals surface area contributed by atoms with Gasteiger partial charge >= 0.3 is 0 Å². The van der Waals surface area contributed by atoms with Crippen LogP contribution in [0.2, 0.25) is 0 Å². The first-order valence-corrected chi connectivity index (χ1v) is 7.49. The van der Waals surface area contributed by atoms with Gasteiger partial charge in [-0.25, -0.2) is 13.1 Å². The molecule has 0 bridgehead atoms. The summed E-state index contributed by atoms with van der Waals surface area (Å²) in [7, 11) is -3.42. The maximum absolute atomic E-state index is 12.0. The highest BCUT2D eigenvalue weighted by atomic mass is 79.9. The molecule has 4 nitrogen and oxygen atoms in total. The van der Waals surface area contributed by atoms with Gasteiger partial charge in [0.15, 0.2) is 0 Å². The van der Waals surface area contributed by atoms with Gasteiger partial charge in [0.05, 0.1) is 17.6 Å². The van der Waals surface area contributed by atoms with Crippen LogP contribution in [0.5, 0.6) is 0 Å². The van der Waals surface area contributed by atoms with E-state index in [1.807, 2.05) is 6.07 Å². The monoisotopic (exact) mass is 305 g/mol. The number of alkyl halides is 1. The summed E-state index contributed by atoms with van der Waals surface area (Å²) in [6, 6.07) is 6.93. The number of sulfonamides is 1. The minimum absolute atomic E-state index is 0.0471. The predicted molar refractivity (Wildman–Crippen MR) is 64.0 cm³/mol. The Hall–Kier alpha value is -0.430. The minimum atomic E-state index is -3.42. The summed E-state index contributed by atoms with van der Waals surface area (Å²) in [4.78, 5) is 0.326. The van der Waals surface area contributed by atoms with Crippen molar-refractivity contribution in [1.29, 1.82) is 0 Å². The van der Waals surface area contributed by atoms with Gasteiger partial charge in [-0.2, -0.15) is 0 Å². The average Bonchev–Trinajstić information content (AvgIpc) is 3.10. The first kappa shape index (κ1) is 12.0. The molecule has 1 heterocycles. The van der Waals surface area contributed by atoms with Crippen LogP contribution < -0.4 is 4.72 Å². The molecule has 0 spiro atoms. The first-order valence-electron chi connectivity index (χ1n) is 4.88. The fourth-order valence-corrected chi connectivity index (χ4v) is 3.32. The molecule has 1 aromatic rings. The summed E-state index contributed by atoms with van der Waals surface area (Å²) < 4.78 is 31.4. The largest absolute Gasteiger partial charge is 0.372 e. The molecule has 1 atom stereocenters. The molecule has 1 aliphatic heterocycles. The van der Waals surface area contributed by atoms with E-state index in [1.165, 1.54) is 0 Å². The van der Waals surface area contributed by atoms with E-state index in [0.717, 1.165) is 5.56 Å². The van der Waals surface area contributed by atoms with Crippen molar-refractivity contribution < 1.29 is 13.2 Å². The van der Waals surface area contributed by atoms with Crippen molar-refractivity contribution in [3.05, 3.63) is 29.8 Å². The molecule has 1 fully saturated rings.